The van der Waals surface area contributed by atoms with Crippen LogP contribution in [0.2, 0.25) is 0 Å². The highest BCUT2D eigenvalue weighted by Crippen LogP contribution is 1.95. The maximum atomic E-state index is 10.7. The van der Waals surface area contributed by atoms with Gasteiger partial charge in [-0.05, 0) is 19.8 Å². The molecular formula is C10H14O3. The number of aliphatic hydroxyl groups is 1. The van der Waals surface area contributed by atoms with Gasteiger partial charge in [-0.25, -0.2) is 4.79 Å². The van der Waals surface area contributed by atoms with Gasteiger partial charge in [-0.15, -0.1) is 6.58 Å². The number of carbonyl (C=O) groups excluding carboxylic acids is 1. The summed E-state index contributed by atoms with van der Waals surface area (Å²) in [6.45, 7) is 5.51. The lowest BCUT2D eigenvalue weighted by Crippen LogP contribution is -2.05. The fourth-order valence-electron chi connectivity index (χ4n) is 0.657. The van der Waals surface area contributed by atoms with Crippen molar-refractivity contribution in [2.45, 2.75) is 25.9 Å². The lowest BCUT2D eigenvalue weighted by molar-refractivity contribution is -0.136. The third-order valence-electron chi connectivity index (χ3n) is 1.26. The van der Waals surface area contributed by atoms with E-state index in [-0.39, 0.29) is 0 Å². The second-order valence-electron chi connectivity index (χ2n) is 2.37. The van der Waals surface area contributed by atoms with Crippen LogP contribution >= 0.6 is 0 Å². The Morgan fingerprint density at radius 3 is 3.00 bits per heavy atom. The second-order valence-corrected chi connectivity index (χ2v) is 2.37. The van der Waals surface area contributed by atoms with Crippen molar-refractivity contribution in [2.75, 3.05) is 6.61 Å². The highest BCUT2D eigenvalue weighted by molar-refractivity contribution is 5.88. The molecule has 0 heterocycles. The summed E-state index contributed by atoms with van der Waals surface area (Å²) < 4.78 is 4.55. The minimum atomic E-state index is -0.776. The Balaban J connectivity index is 3.79. The molecule has 0 bridgehead atoms. The zero-order valence-corrected chi connectivity index (χ0v) is 7.75. The van der Waals surface area contributed by atoms with E-state index in [1.807, 2.05) is 0 Å². The molecule has 72 valence electrons. The normalized spacial score (nSPS) is 10.9. The summed E-state index contributed by atoms with van der Waals surface area (Å²) in [6.07, 6.45) is 2.09. The minimum absolute atomic E-state index is 0.302. The van der Waals surface area contributed by atoms with Crippen LogP contribution in [0.5, 0.6) is 0 Å². The highest BCUT2D eigenvalue weighted by atomic mass is 16.5. The fraction of sp³-hybridized carbons (Fsp3) is 0.500. The summed E-state index contributed by atoms with van der Waals surface area (Å²) in [5, 5.41) is 9.17. The molecule has 0 rings (SSSR count). The molecule has 0 amide bonds. The van der Waals surface area contributed by atoms with Gasteiger partial charge in [0.05, 0.1) is 6.61 Å². The Hall–Kier alpha value is -1.27. The van der Waals surface area contributed by atoms with E-state index in [0.717, 1.165) is 0 Å². The summed E-state index contributed by atoms with van der Waals surface area (Å²) in [5.74, 6) is 3.98. The zero-order valence-electron chi connectivity index (χ0n) is 7.75. The minimum Gasteiger partial charge on any atom is -0.456 e. The van der Waals surface area contributed by atoms with Gasteiger partial charge in [0.2, 0.25) is 0 Å². The van der Waals surface area contributed by atoms with Crippen LogP contribution in [0.15, 0.2) is 12.7 Å². The first kappa shape index (κ1) is 11.7. The first-order valence-electron chi connectivity index (χ1n) is 4.18. The van der Waals surface area contributed by atoms with Crippen LogP contribution in [0, 0.1) is 11.8 Å². The van der Waals surface area contributed by atoms with E-state index in [4.69, 9.17) is 5.11 Å². The zero-order chi connectivity index (χ0) is 10.1. The van der Waals surface area contributed by atoms with Crippen molar-refractivity contribution in [1.29, 1.82) is 0 Å². The summed E-state index contributed by atoms with van der Waals surface area (Å²) in [7, 11) is 0. The van der Waals surface area contributed by atoms with E-state index >= 15 is 0 Å². The average molecular weight is 182 g/mol. The maximum absolute atomic E-state index is 10.7. The molecule has 0 unspecified atom stereocenters. The average Bonchev–Trinajstić information content (AvgIpc) is 2.12. The van der Waals surface area contributed by atoms with Gasteiger partial charge in [0, 0.05) is 5.92 Å². The third-order valence-corrected chi connectivity index (χ3v) is 1.26. The number of esters is 1. The van der Waals surface area contributed by atoms with Gasteiger partial charge < -0.3 is 9.84 Å². The Labute approximate surface area is 78.4 Å². The molecule has 0 aliphatic heterocycles. The molecule has 0 fully saturated rings. The summed E-state index contributed by atoms with van der Waals surface area (Å²) in [4.78, 5) is 10.7. The predicted molar refractivity (Wildman–Crippen MR) is 49.8 cm³/mol. The topological polar surface area (TPSA) is 46.5 Å². The molecule has 0 saturated heterocycles. The van der Waals surface area contributed by atoms with E-state index in [9.17, 15) is 4.79 Å². The Kier molecular flexibility index (Phi) is 6.66. The van der Waals surface area contributed by atoms with Crippen molar-refractivity contribution in [3.63, 3.8) is 0 Å². The Bertz CT molecular complexity index is 222. The van der Waals surface area contributed by atoms with Crippen LogP contribution in [0.25, 0.3) is 0 Å². The smallest absolute Gasteiger partial charge is 0.384 e. The van der Waals surface area contributed by atoms with E-state index in [1.54, 1.807) is 13.0 Å². The summed E-state index contributed by atoms with van der Waals surface area (Å²) >= 11 is 0. The highest BCUT2D eigenvalue weighted by Gasteiger charge is 1.98. The van der Waals surface area contributed by atoms with E-state index in [1.165, 1.54) is 0 Å². The third kappa shape index (κ3) is 7.10. The summed E-state index contributed by atoms with van der Waals surface area (Å²) in [6, 6.07) is 0. The molecular weight excluding hydrogens is 168 g/mol. The molecule has 0 aromatic rings. The number of rotatable bonds is 4. The largest absolute Gasteiger partial charge is 0.456 e. The SMILES string of the molecule is C=CCC[C@@H](O)C#CC(=O)OCC. The molecule has 1 N–H and O–H groups in total. The number of ether oxygens (including phenoxy) is 1. The van der Waals surface area contributed by atoms with Crippen LogP contribution in [0.4, 0.5) is 0 Å². The van der Waals surface area contributed by atoms with Crippen molar-refractivity contribution >= 4 is 5.97 Å². The van der Waals surface area contributed by atoms with Gasteiger partial charge in [0.25, 0.3) is 0 Å². The van der Waals surface area contributed by atoms with Gasteiger partial charge in [-0.1, -0.05) is 12.0 Å². The van der Waals surface area contributed by atoms with Crippen molar-refractivity contribution in [3.05, 3.63) is 12.7 Å². The number of hydrogen-bond acceptors (Lipinski definition) is 3. The Morgan fingerprint density at radius 1 is 1.77 bits per heavy atom. The lowest BCUT2D eigenvalue weighted by atomic mass is 10.2. The van der Waals surface area contributed by atoms with Crippen LogP contribution < -0.4 is 0 Å². The molecule has 3 nitrogen and oxygen atoms in total. The van der Waals surface area contributed by atoms with Gasteiger partial charge in [-0.3, -0.25) is 0 Å². The monoisotopic (exact) mass is 182 g/mol. The van der Waals surface area contributed by atoms with Crippen molar-refractivity contribution in [3.8, 4) is 11.8 Å². The standard InChI is InChI=1S/C10H14O3/c1-3-5-6-9(11)7-8-10(12)13-4-2/h3,9,11H,1,4-6H2,2H3/t9-/m1/s1. The van der Waals surface area contributed by atoms with E-state index in [0.29, 0.717) is 19.4 Å². The molecule has 1 atom stereocenters. The second kappa shape index (κ2) is 7.38. The molecule has 0 spiro atoms. The molecule has 0 aliphatic rings. The fourth-order valence-corrected chi connectivity index (χ4v) is 0.657. The number of aliphatic hydroxyl groups excluding tert-OH is 1. The van der Waals surface area contributed by atoms with Crippen molar-refractivity contribution < 1.29 is 14.6 Å². The molecule has 0 radical (unpaired) electrons. The van der Waals surface area contributed by atoms with Crippen molar-refractivity contribution in [2.24, 2.45) is 0 Å². The maximum Gasteiger partial charge on any atom is 0.384 e. The van der Waals surface area contributed by atoms with Gasteiger partial charge in [-0.2, -0.15) is 0 Å². The first-order valence-corrected chi connectivity index (χ1v) is 4.18. The first-order chi connectivity index (χ1) is 6.20. The van der Waals surface area contributed by atoms with Crippen LogP contribution in [-0.2, 0) is 9.53 Å². The quantitative estimate of drug-likeness (QED) is 0.304. The molecule has 0 aromatic heterocycles. The van der Waals surface area contributed by atoms with Gasteiger partial charge in [0.15, 0.2) is 0 Å². The molecule has 13 heavy (non-hydrogen) atoms. The number of hydrogen-bond donors (Lipinski definition) is 1. The molecule has 0 aromatic carbocycles. The van der Waals surface area contributed by atoms with E-state index in [2.05, 4.69) is 23.2 Å². The van der Waals surface area contributed by atoms with Gasteiger partial charge in [0.1, 0.15) is 6.10 Å². The van der Waals surface area contributed by atoms with Crippen molar-refractivity contribution in [1.82, 2.24) is 0 Å². The lowest BCUT2D eigenvalue weighted by Gasteiger charge is -1.98. The summed E-state index contributed by atoms with van der Waals surface area (Å²) in [5.41, 5.74) is 0. The number of carbonyl (C=O) groups is 1. The predicted octanol–water partition coefficient (Wildman–Crippen LogP) is 0.880. The van der Waals surface area contributed by atoms with Crippen LogP contribution in [0.3, 0.4) is 0 Å². The van der Waals surface area contributed by atoms with Gasteiger partial charge >= 0.3 is 5.97 Å². The Morgan fingerprint density at radius 2 is 2.46 bits per heavy atom. The molecule has 0 saturated carbocycles. The van der Waals surface area contributed by atoms with E-state index < -0.39 is 12.1 Å². The molecule has 3 heteroatoms. The molecule has 0 aliphatic carbocycles. The van der Waals surface area contributed by atoms with Crippen LogP contribution in [-0.4, -0.2) is 23.8 Å². The number of allylic oxidation sites excluding steroid dienone is 1. The van der Waals surface area contributed by atoms with Crippen LogP contribution in [0.1, 0.15) is 19.8 Å².